The number of pyridine rings is 1. The van der Waals surface area contributed by atoms with Crippen LogP contribution < -0.4 is 5.32 Å². The number of amides is 1. The van der Waals surface area contributed by atoms with Crippen LogP contribution in [0.5, 0.6) is 0 Å². The second-order valence-electron chi connectivity index (χ2n) is 4.63. The lowest BCUT2D eigenvalue weighted by Crippen LogP contribution is -2.27. The Hall–Kier alpha value is -1.62. The molecule has 2 aromatic rings. The molecule has 0 atom stereocenters. The summed E-state index contributed by atoms with van der Waals surface area (Å²) in [6.45, 7) is 5.50. The first kappa shape index (κ1) is 11.9. The minimum atomic E-state index is -0.492. The summed E-state index contributed by atoms with van der Waals surface area (Å²) in [4.78, 5) is 16.7. The van der Waals surface area contributed by atoms with Crippen LogP contribution in [-0.2, 0) is 4.74 Å². The highest BCUT2D eigenvalue weighted by molar-refractivity contribution is 7.17. The fraction of sp³-hybridized carbons (Fsp3) is 0.333. The SMILES string of the molecule is CC(C)(C)OC(=O)Nc1csc2ncccc12. The third kappa shape index (κ3) is 2.94. The predicted molar refractivity (Wildman–Crippen MR) is 69.5 cm³/mol. The minimum Gasteiger partial charge on any atom is -0.444 e. The number of nitrogens with one attached hydrogen (secondary N) is 1. The van der Waals surface area contributed by atoms with Gasteiger partial charge >= 0.3 is 6.09 Å². The summed E-state index contributed by atoms with van der Waals surface area (Å²) in [7, 11) is 0. The molecule has 4 nitrogen and oxygen atoms in total. The first-order valence-corrected chi connectivity index (χ1v) is 6.16. The molecule has 0 unspecified atom stereocenters. The van der Waals surface area contributed by atoms with E-state index in [0.717, 1.165) is 15.9 Å². The van der Waals surface area contributed by atoms with Crippen LogP contribution in [0, 0.1) is 0 Å². The third-order valence-corrected chi connectivity index (χ3v) is 2.89. The Morgan fingerprint density at radius 2 is 2.24 bits per heavy atom. The summed E-state index contributed by atoms with van der Waals surface area (Å²) in [5, 5.41) is 5.53. The Morgan fingerprint density at radius 1 is 1.47 bits per heavy atom. The normalized spacial score (nSPS) is 11.5. The van der Waals surface area contributed by atoms with Gasteiger partial charge in [0.05, 0.1) is 5.69 Å². The van der Waals surface area contributed by atoms with Crippen molar-refractivity contribution in [2.45, 2.75) is 26.4 Å². The van der Waals surface area contributed by atoms with Gasteiger partial charge in [0.1, 0.15) is 10.4 Å². The highest BCUT2D eigenvalue weighted by Crippen LogP contribution is 2.28. The zero-order chi connectivity index (χ0) is 12.5. The molecule has 1 amide bonds. The Bertz CT molecular complexity index is 543. The summed E-state index contributed by atoms with van der Waals surface area (Å²) in [5.41, 5.74) is 0.251. The summed E-state index contributed by atoms with van der Waals surface area (Å²) >= 11 is 1.49. The van der Waals surface area contributed by atoms with Crippen LogP contribution in [0.3, 0.4) is 0 Å². The highest BCUT2D eigenvalue weighted by Gasteiger charge is 2.17. The number of thiophene rings is 1. The Labute approximate surface area is 104 Å². The van der Waals surface area contributed by atoms with E-state index in [4.69, 9.17) is 4.74 Å². The molecule has 0 aliphatic rings. The van der Waals surface area contributed by atoms with Gasteiger partial charge in [-0.25, -0.2) is 9.78 Å². The van der Waals surface area contributed by atoms with Gasteiger partial charge in [-0.3, -0.25) is 5.32 Å². The molecule has 17 heavy (non-hydrogen) atoms. The standard InChI is InChI=1S/C12H14N2O2S/c1-12(2,3)16-11(15)14-9-7-17-10-8(9)5-4-6-13-10/h4-7H,1-3H3,(H,14,15). The molecular formula is C12H14N2O2S. The lowest BCUT2D eigenvalue weighted by Gasteiger charge is -2.19. The molecule has 0 saturated heterocycles. The molecule has 0 aromatic carbocycles. The van der Waals surface area contributed by atoms with Gasteiger partial charge in [0.15, 0.2) is 0 Å². The van der Waals surface area contributed by atoms with E-state index in [1.54, 1.807) is 6.20 Å². The summed E-state index contributed by atoms with van der Waals surface area (Å²) in [5.74, 6) is 0. The second kappa shape index (κ2) is 4.33. The number of carbonyl (C=O) groups is 1. The molecule has 0 aliphatic carbocycles. The summed E-state index contributed by atoms with van der Waals surface area (Å²) in [6, 6.07) is 3.76. The molecular weight excluding hydrogens is 236 g/mol. The molecule has 1 N–H and O–H groups in total. The zero-order valence-corrected chi connectivity index (χ0v) is 10.8. The Balaban J connectivity index is 2.16. The number of fused-ring (bicyclic) bond motifs is 1. The number of hydrogen-bond donors (Lipinski definition) is 1. The van der Waals surface area contributed by atoms with Gasteiger partial charge in [0.25, 0.3) is 0 Å². The number of ether oxygens (including phenoxy) is 1. The fourth-order valence-electron chi connectivity index (χ4n) is 1.38. The average molecular weight is 250 g/mol. The number of anilines is 1. The van der Waals surface area contributed by atoms with E-state index >= 15 is 0 Å². The lowest BCUT2D eigenvalue weighted by molar-refractivity contribution is 0.0636. The van der Waals surface area contributed by atoms with E-state index in [-0.39, 0.29) is 0 Å². The van der Waals surface area contributed by atoms with Gasteiger partial charge in [-0.15, -0.1) is 11.3 Å². The van der Waals surface area contributed by atoms with E-state index in [9.17, 15) is 4.79 Å². The second-order valence-corrected chi connectivity index (χ2v) is 5.49. The van der Waals surface area contributed by atoms with Gasteiger partial charge < -0.3 is 4.74 Å². The maximum Gasteiger partial charge on any atom is 0.412 e. The van der Waals surface area contributed by atoms with Crippen LogP contribution in [0.2, 0.25) is 0 Å². The van der Waals surface area contributed by atoms with Gasteiger partial charge in [0, 0.05) is 17.0 Å². The van der Waals surface area contributed by atoms with Crippen LogP contribution in [0.15, 0.2) is 23.7 Å². The number of aromatic nitrogens is 1. The van der Waals surface area contributed by atoms with Crippen molar-refractivity contribution in [3.05, 3.63) is 23.7 Å². The lowest BCUT2D eigenvalue weighted by atomic mass is 10.2. The number of nitrogens with zero attached hydrogens (tertiary/aromatic N) is 1. The number of carbonyl (C=O) groups excluding carboxylic acids is 1. The topological polar surface area (TPSA) is 51.2 Å². The molecule has 0 bridgehead atoms. The van der Waals surface area contributed by atoms with Crippen LogP contribution in [0.25, 0.3) is 10.2 Å². The Morgan fingerprint density at radius 3 is 2.94 bits per heavy atom. The van der Waals surface area contributed by atoms with Gasteiger partial charge in [-0.05, 0) is 32.9 Å². The molecule has 2 rings (SSSR count). The van der Waals surface area contributed by atoms with E-state index in [1.807, 2.05) is 38.3 Å². The van der Waals surface area contributed by atoms with E-state index < -0.39 is 11.7 Å². The Kier molecular flexibility index (Phi) is 3.02. The van der Waals surface area contributed by atoms with Crippen molar-refractivity contribution >= 4 is 33.3 Å². The number of rotatable bonds is 1. The third-order valence-electron chi connectivity index (χ3n) is 1.99. The molecule has 0 spiro atoms. The van der Waals surface area contributed by atoms with Crippen molar-refractivity contribution in [2.75, 3.05) is 5.32 Å². The van der Waals surface area contributed by atoms with Crippen molar-refractivity contribution in [1.29, 1.82) is 0 Å². The van der Waals surface area contributed by atoms with E-state index in [1.165, 1.54) is 11.3 Å². The molecule has 0 saturated carbocycles. The zero-order valence-electron chi connectivity index (χ0n) is 9.98. The van der Waals surface area contributed by atoms with Gasteiger partial charge in [0.2, 0.25) is 0 Å². The first-order valence-electron chi connectivity index (χ1n) is 5.28. The molecule has 0 radical (unpaired) electrons. The van der Waals surface area contributed by atoms with Gasteiger partial charge in [-0.1, -0.05) is 0 Å². The maximum atomic E-state index is 11.6. The summed E-state index contributed by atoms with van der Waals surface area (Å²) < 4.78 is 5.19. The van der Waals surface area contributed by atoms with Crippen LogP contribution >= 0.6 is 11.3 Å². The molecule has 0 fully saturated rings. The van der Waals surface area contributed by atoms with Crippen LogP contribution in [0.1, 0.15) is 20.8 Å². The van der Waals surface area contributed by atoms with E-state index in [2.05, 4.69) is 10.3 Å². The molecule has 90 valence electrons. The van der Waals surface area contributed by atoms with Gasteiger partial charge in [-0.2, -0.15) is 0 Å². The highest BCUT2D eigenvalue weighted by atomic mass is 32.1. The van der Waals surface area contributed by atoms with E-state index in [0.29, 0.717) is 0 Å². The molecule has 5 heteroatoms. The van der Waals surface area contributed by atoms with Crippen molar-refractivity contribution in [2.24, 2.45) is 0 Å². The molecule has 2 heterocycles. The molecule has 2 aromatic heterocycles. The largest absolute Gasteiger partial charge is 0.444 e. The quantitative estimate of drug-likeness (QED) is 0.840. The van der Waals surface area contributed by atoms with Crippen molar-refractivity contribution in [3.8, 4) is 0 Å². The van der Waals surface area contributed by atoms with Crippen molar-refractivity contribution in [1.82, 2.24) is 4.98 Å². The molecule has 0 aliphatic heterocycles. The maximum absolute atomic E-state index is 11.6. The smallest absolute Gasteiger partial charge is 0.412 e. The predicted octanol–water partition coefficient (Wildman–Crippen LogP) is 3.64. The monoisotopic (exact) mass is 250 g/mol. The average Bonchev–Trinajstić information content (AvgIpc) is 2.59. The first-order chi connectivity index (χ1) is 7.96. The fourth-order valence-corrected chi connectivity index (χ4v) is 2.22. The van der Waals surface area contributed by atoms with Crippen molar-refractivity contribution < 1.29 is 9.53 Å². The van der Waals surface area contributed by atoms with Crippen LogP contribution in [0.4, 0.5) is 10.5 Å². The van der Waals surface area contributed by atoms with Crippen LogP contribution in [-0.4, -0.2) is 16.7 Å². The minimum absolute atomic E-state index is 0.443. The summed E-state index contributed by atoms with van der Waals surface area (Å²) in [6.07, 6.45) is 1.29. The number of hydrogen-bond acceptors (Lipinski definition) is 4. The van der Waals surface area contributed by atoms with Crippen molar-refractivity contribution in [3.63, 3.8) is 0 Å².